The van der Waals surface area contributed by atoms with E-state index in [2.05, 4.69) is 27.2 Å². The second-order valence-corrected chi connectivity index (χ2v) is 13.1. The molecule has 41 heavy (non-hydrogen) atoms. The van der Waals surface area contributed by atoms with Gasteiger partial charge in [0.05, 0.1) is 24.4 Å². The molecule has 3 aromatic rings. The molecule has 1 aromatic carbocycles. The highest BCUT2D eigenvalue weighted by Crippen LogP contribution is 2.37. The highest BCUT2D eigenvalue weighted by Gasteiger charge is 2.37. The van der Waals surface area contributed by atoms with Crippen LogP contribution in [0, 0.1) is 17.6 Å². The number of anilines is 2. The molecule has 0 saturated carbocycles. The minimum atomic E-state index is -4.21. The quantitative estimate of drug-likeness (QED) is 0.352. The second-order valence-electron chi connectivity index (χ2n) is 10.3. The van der Waals surface area contributed by atoms with Gasteiger partial charge in [-0.05, 0) is 70.6 Å². The summed E-state index contributed by atoms with van der Waals surface area (Å²) in [4.78, 5) is 23.5. The highest BCUT2D eigenvalue weighted by molar-refractivity contribution is 7.93. The Hall–Kier alpha value is -3.20. The van der Waals surface area contributed by atoms with Gasteiger partial charge in [-0.15, -0.1) is 0 Å². The third-order valence-electron chi connectivity index (χ3n) is 7.32. The van der Waals surface area contributed by atoms with Crippen LogP contribution in [0.1, 0.15) is 40.9 Å². The average molecular weight is 607 g/mol. The van der Waals surface area contributed by atoms with Crippen LogP contribution in [0.4, 0.5) is 19.7 Å². The summed E-state index contributed by atoms with van der Waals surface area (Å²) in [5, 5.41) is 3.14. The largest absolute Gasteiger partial charge is 0.477 e. The number of carbonyl (C=O) groups is 1. The number of piperidine rings is 2. The number of nitrogens with zero attached hydrogens (tertiary/aromatic N) is 4. The molecule has 1 atom stereocenters. The summed E-state index contributed by atoms with van der Waals surface area (Å²) in [5.74, 6) is -2.70. The van der Waals surface area contributed by atoms with Crippen molar-refractivity contribution in [2.24, 2.45) is 5.92 Å². The van der Waals surface area contributed by atoms with Crippen LogP contribution in [-0.2, 0) is 10.0 Å². The fraction of sp³-hybridized carbons (Fsp3) is 0.444. The molecule has 5 rings (SSSR count). The van der Waals surface area contributed by atoms with E-state index in [1.807, 2.05) is 0 Å². The van der Waals surface area contributed by atoms with Crippen molar-refractivity contribution < 1.29 is 26.7 Å². The molecule has 0 radical (unpaired) electrons. The normalized spacial score (nSPS) is 18.8. The second kappa shape index (κ2) is 12.3. The number of nitrogens with two attached hydrogens (primary N) is 1. The van der Waals surface area contributed by atoms with E-state index in [1.54, 1.807) is 0 Å². The Bertz CT molecular complexity index is 1480. The number of carbonyl (C=O) groups excluding carboxylic acids is 1. The molecular weight excluding hydrogens is 574 g/mol. The minimum Gasteiger partial charge on any atom is -0.477 e. The molecule has 2 aromatic heterocycles. The van der Waals surface area contributed by atoms with Gasteiger partial charge in [0.25, 0.3) is 10.0 Å². The van der Waals surface area contributed by atoms with E-state index in [9.17, 15) is 22.0 Å². The van der Waals surface area contributed by atoms with Crippen LogP contribution >= 0.6 is 11.3 Å². The van der Waals surface area contributed by atoms with Gasteiger partial charge in [0, 0.05) is 18.5 Å². The molecular formula is C27H32F2N6O4S2. The lowest BCUT2D eigenvalue weighted by Crippen LogP contribution is -2.46. The van der Waals surface area contributed by atoms with Crippen LogP contribution < -0.4 is 20.1 Å². The Morgan fingerprint density at radius 3 is 2.59 bits per heavy atom. The maximum atomic E-state index is 14.3. The van der Waals surface area contributed by atoms with E-state index in [4.69, 9.17) is 10.5 Å². The maximum Gasteiger partial charge on any atom is 0.267 e. The zero-order chi connectivity index (χ0) is 29.1. The van der Waals surface area contributed by atoms with E-state index in [-0.39, 0.29) is 20.7 Å². The molecule has 10 nitrogen and oxygen atoms in total. The molecule has 2 fully saturated rings. The van der Waals surface area contributed by atoms with Gasteiger partial charge in [-0.25, -0.2) is 31.5 Å². The first-order chi connectivity index (χ1) is 19.6. The molecule has 14 heteroatoms. The number of hydrogen-bond donors (Lipinski definition) is 2. The molecule has 2 aliphatic heterocycles. The standard InChI is InChI=1S/C27H32F2N6O4S2/c1-34-13-3-4-17(15-34)16-39-22-8-7-19(14-32-22)41(37,38)35(18-9-11-31-12-10-18)27-33-26(30)25(40-27)24(36)23-20(28)5-2-6-21(23)29/h2,5-8,14,17-18,31H,3-4,9-13,15-16,30H2,1H3/t17-/m0/s1. The number of rotatable bonds is 9. The number of likely N-dealkylation sites (tertiary alicyclic amines) is 1. The van der Waals surface area contributed by atoms with Gasteiger partial charge in [0.2, 0.25) is 16.8 Å². The predicted octanol–water partition coefficient (Wildman–Crippen LogP) is 3.30. The number of hydrogen-bond acceptors (Lipinski definition) is 10. The zero-order valence-electron chi connectivity index (χ0n) is 22.6. The first-order valence-electron chi connectivity index (χ1n) is 13.4. The number of sulfonamides is 1. The van der Waals surface area contributed by atoms with Crippen LogP contribution in [0.15, 0.2) is 41.4 Å². The van der Waals surface area contributed by atoms with E-state index < -0.39 is 39.0 Å². The summed E-state index contributed by atoms with van der Waals surface area (Å²) in [6, 6.07) is 5.54. The molecule has 0 amide bonds. The minimum absolute atomic E-state index is 0.0590. The molecule has 220 valence electrons. The van der Waals surface area contributed by atoms with Crippen LogP contribution in [0.5, 0.6) is 5.88 Å². The summed E-state index contributed by atoms with van der Waals surface area (Å²) in [6.07, 6.45) is 4.37. The van der Waals surface area contributed by atoms with E-state index in [0.717, 1.165) is 48.4 Å². The van der Waals surface area contributed by atoms with E-state index in [1.165, 1.54) is 18.3 Å². The first kappa shape index (κ1) is 29.3. The first-order valence-corrected chi connectivity index (χ1v) is 15.7. The lowest BCUT2D eigenvalue weighted by molar-refractivity contribution is 0.103. The Labute approximate surface area is 241 Å². The SMILES string of the molecule is CN1CCC[C@H](COc2ccc(S(=O)(=O)N(c3nc(N)c(C(=O)c4c(F)cccc4F)s3)C3CCNCC3)cn2)C1. The van der Waals surface area contributed by atoms with Crippen molar-refractivity contribution in [3.05, 3.63) is 58.6 Å². The van der Waals surface area contributed by atoms with Crippen molar-refractivity contribution in [3.8, 4) is 5.88 Å². The molecule has 3 N–H and O–H groups in total. The van der Waals surface area contributed by atoms with Gasteiger partial charge in [-0.1, -0.05) is 17.4 Å². The third-order valence-corrected chi connectivity index (χ3v) is 10.3. The molecule has 0 spiro atoms. The van der Waals surface area contributed by atoms with E-state index in [0.29, 0.717) is 55.7 Å². The Morgan fingerprint density at radius 1 is 1.20 bits per heavy atom. The number of thiazole rings is 1. The summed E-state index contributed by atoms with van der Waals surface area (Å²) >= 11 is 0.689. The Balaban J connectivity index is 1.42. The van der Waals surface area contributed by atoms with Gasteiger partial charge in [0.15, 0.2) is 0 Å². The number of nitrogen functional groups attached to an aromatic ring is 1. The van der Waals surface area contributed by atoms with Gasteiger partial charge in [0.1, 0.15) is 27.2 Å². The van der Waals surface area contributed by atoms with Crippen molar-refractivity contribution >= 4 is 38.1 Å². The van der Waals surface area contributed by atoms with Gasteiger partial charge in [-0.3, -0.25) is 4.79 Å². The van der Waals surface area contributed by atoms with Crippen molar-refractivity contribution in [1.82, 2.24) is 20.2 Å². The summed E-state index contributed by atoms with van der Waals surface area (Å²) in [7, 11) is -2.13. The van der Waals surface area contributed by atoms with Crippen LogP contribution in [0.2, 0.25) is 0 Å². The molecule has 2 aliphatic rings. The van der Waals surface area contributed by atoms with Crippen molar-refractivity contribution in [1.29, 1.82) is 0 Å². The Morgan fingerprint density at radius 2 is 1.93 bits per heavy atom. The van der Waals surface area contributed by atoms with E-state index >= 15 is 0 Å². The number of nitrogens with one attached hydrogen (secondary N) is 1. The summed E-state index contributed by atoms with van der Waals surface area (Å²) < 4.78 is 63.7. The molecule has 0 unspecified atom stereocenters. The lowest BCUT2D eigenvalue weighted by Gasteiger charge is -2.33. The number of pyridine rings is 1. The highest BCUT2D eigenvalue weighted by atomic mass is 32.2. The zero-order valence-corrected chi connectivity index (χ0v) is 24.2. The third kappa shape index (κ3) is 6.35. The van der Waals surface area contributed by atoms with Gasteiger partial charge in [-0.2, -0.15) is 0 Å². The number of ether oxygens (including phenoxy) is 1. The lowest BCUT2D eigenvalue weighted by atomic mass is 10.00. The van der Waals surface area contributed by atoms with Gasteiger partial charge >= 0.3 is 0 Å². The molecule has 2 saturated heterocycles. The van der Waals surface area contributed by atoms with Crippen molar-refractivity contribution in [2.75, 3.05) is 49.9 Å². The summed E-state index contributed by atoms with van der Waals surface area (Å²) in [5.41, 5.74) is 5.25. The van der Waals surface area contributed by atoms with Gasteiger partial charge < -0.3 is 20.7 Å². The fourth-order valence-electron chi connectivity index (χ4n) is 5.23. The maximum absolute atomic E-state index is 14.3. The number of benzene rings is 1. The summed E-state index contributed by atoms with van der Waals surface area (Å²) in [6.45, 7) is 3.64. The topological polar surface area (TPSA) is 131 Å². The smallest absolute Gasteiger partial charge is 0.267 e. The van der Waals surface area contributed by atoms with Crippen LogP contribution in [-0.4, -0.2) is 74.9 Å². The monoisotopic (exact) mass is 606 g/mol. The average Bonchev–Trinajstić information content (AvgIpc) is 3.33. The van der Waals surface area contributed by atoms with Crippen LogP contribution in [0.25, 0.3) is 0 Å². The Kier molecular flexibility index (Phi) is 8.82. The van der Waals surface area contributed by atoms with Crippen molar-refractivity contribution in [3.63, 3.8) is 0 Å². The molecule has 4 heterocycles. The molecule has 0 aliphatic carbocycles. The fourth-order valence-corrected chi connectivity index (χ4v) is 8.05. The van der Waals surface area contributed by atoms with Crippen molar-refractivity contribution in [2.45, 2.75) is 36.6 Å². The number of halogens is 2. The molecule has 0 bridgehead atoms. The number of ketones is 1. The van der Waals surface area contributed by atoms with Crippen LogP contribution in [0.3, 0.4) is 0 Å². The number of aromatic nitrogens is 2. The predicted molar refractivity (Wildman–Crippen MR) is 152 cm³/mol.